The van der Waals surface area contributed by atoms with Crippen LogP contribution in [0.5, 0.6) is 0 Å². The van der Waals surface area contributed by atoms with Crippen molar-refractivity contribution in [2.45, 2.75) is 36.9 Å². The highest BCUT2D eigenvalue weighted by Gasteiger charge is 2.54. The topological polar surface area (TPSA) is 55.8 Å². The highest BCUT2D eigenvalue weighted by molar-refractivity contribution is 6.42. The average Bonchev–Trinajstić information content (AvgIpc) is 2.94. The van der Waals surface area contributed by atoms with Crippen LogP contribution in [-0.2, 0) is 14.3 Å². The first kappa shape index (κ1) is 21.2. The van der Waals surface area contributed by atoms with Gasteiger partial charge in [0.2, 0.25) is 0 Å². The van der Waals surface area contributed by atoms with Gasteiger partial charge in [-0.3, -0.25) is 9.69 Å². The van der Waals surface area contributed by atoms with E-state index in [1.54, 1.807) is 18.2 Å². The van der Waals surface area contributed by atoms with Crippen LogP contribution < -0.4 is 0 Å². The van der Waals surface area contributed by atoms with Crippen molar-refractivity contribution in [1.82, 2.24) is 4.90 Å². The minimum absolute atomic E-state index is 0.00280. The summed E-state index contributed by atoms with van der Waals surface area (Å²) in [4.78, 5) is 27.6. The van der Waals surface area contributed by atoms with Gasteiger partial charge in [-0.2, -0.15) is 0 Å². The van der Waals surface area contributed by atoms with E-state index >= 15 is 0 Å². The number of rotatable bonds is 4. The zero-order chi connectivity index (χ0) is 21.4. The van der Waals surface area contributed by atoms with Crippen LogP contribution in [0.3, 0.4) is 0 Å². The predicted octanol–water partition coefficient (Wildman–Crippen LogP) is 4.57. The van der Waals surface area contributed by atoms with E-state index < -0.39 is 0 Å². The molecule has 0 N–H and O–H groups in total. The van der Waals surface area contributed by atoms with Crippen LogP contribution in [-0.4, -0.2) is 49.2 Å². The standard InChI is InChI=1S/C23H23Cl2NO4/c1-26-18-11-15(14-8-9-16(24)17(25)10-14)21(23(28)29-2)19(26)12-20(18)30-22(27)13-6-4-3-5-7-13/h3-10,15,18-21H,11-12H2,1-2H3/t15-,18-,19+,20-,21-/m0/s1. The van der Waals surface area contributed by atoms with E-state index in [9.17, 15) is 9.59 Å². The number of benzene rings is 2. The number of carbonyl (C=O) groups is 2. The molecule has 0 aliphatic carbocycles. The third-order valence-electron chi connectivity index (χ3n) is 6.41. The molecule has 30 heavy (non-hydrogen) atoms. The Kier molecular flexibility index (Phi) is 6.05. The van der Waals surface area contributed by atoms with Crippen LogP contribution in [0.4, 0.5) is 0 Å². The molecule has 4 rings (SSSR count). The number of nitrogens with zero attached hydrogens (tertiary/aromatic N) is 1. The summed E-state index contributed by atoms with van der Waals surface area (Å²) in [6.45, 7) is 0. The molecular formula is C23H23Cl2NO4. The van der Waals surface area contributed by atoms with E-state index in [0.717, 1.165) is 5.56 Å². The quantitative estimate of drug-likeness (QED) is 0.642. The number of carbonyl (C=O) groups excluding carboxylic acids is 2. The van der Waals surface area contributed by atoms with Gasteiger partial charge in [-0.1, -0.05) is 47.5 Å². The number of esters is 2. The summed E-state index contributed by atoms with van der Waals surface area (Å²) in [6, 6.07) is 14.3. The minimum atomic E-state index is -0.381. The van der Waals surface area contributed by atoms with E-state index in [-0.39, 0.29) is 42.0 Å². The molecule has 0 amide bonds. The molecule has 0 unspecified atom stereocenters. The Morgan fingerprint density at radius 2 is 1.73 bits per heavy atom. The van der Waals surface area contributed by atoms with Crippen LogP contribution in [0.25, 0.3) is 0 Å². The monoisotopic (exact) mass is 447 g/mol. The van der Waals surface area contributed by atoms with Gasteiger partial charge in [0.15, 0.2) is 0 Å². The van der Waals surface area contributed by atoms with E-state index in [1.165, 1.54) is 7.11 Å². The smallest absolute Gasteiger partial charge is 0.338 e. The second-order valence-corrected chi connectivity index (χ2v) is 8.72. The Morgan fingerprint density at radius 3 is 2.40 bits per heavy atom. The molecule has 2 aliphatic rings. The number of likely N-dealkylation sites (N-methyl/N-ethyl adjacent to an activating group) is 1. The van der Waals surface area contributed by atoms with Crippen molar-refractivity contribution in [2.24, 2.45) is 5.92 Å². The first-order valence-corrected chi connectivity index (χ1v) is 10.7. The largest absolute Gasteiger partial charge is 0.469 e. The second-order valence-electron chi connectivity index (χ2n) is 7.91. The summed E-state index contributed by atoms with van der Waals surface area (Å²) in [6.07, 6.45) is 0.932. The SMILES string of the molecule is COC(=O)[C@@H]1[C@H]2C[C@H](OC(=O)c3ccccc3)[C@H](C[C@H]1c1ccc(Cl)c(Cl)c1)N2C. The van der Waals surface area contributed by atoms with Crippen LogP contribution in [0.2, 0.25) is 10.0 Å². The Morgan fingerprint density at radius 1 is 1.00 bits per heavy atom. The van der Waals surface area contributed by atoms with Crippen LogP contribution >= 0.6 is 23.2 Å². The van der Waals surface area contributed by atoms with Crippen molar-refractivity contribution in [2.75, 3.05) is 14.2 Å². The fourth-order valence-corrected chi connectivity index (χ4v) is 5.22. The molecule has 0 aromatic heterocycles. The zero-order valence-corrected chi connectivity index (χ0v) is 18.3. The third-order valence-corrected chi connectivity index (χ3v) is 7.14. The maximum absolute atomic E-state index is 12.8. The van der Waals surface area contributed by atoms with Gasteiger partial charge in [-0.05, 0) is 43.3 Å². The van der Waals surface area contributed by atoms with E-state index in [4.69, 9.17) is 32.7 Å². The second kappa shape index (κ2) is 8.58. The lowest BCUT2D eigenvalue weighted by atomic mass is 9.76. The zero-order valence-electron chi connectivity index (χ0n) is 16.8. The summed E-state index contributed by atoms with van der Waals surface area (Å²) in [5.74, 6) is -1.09. The van der Waals surface area contributed by atoms with Crippen molar-refractivity contribution in [3.63, 3.8) is 0 Å². The molecule has 0 spiro atoms. The van der Waals surface area contributed by atoms with Crippen molar-refractivity contribution in [1.29, 1.82) is 0 Å². The van der Waals surface area contributed by atoms with Gasteiger partial charge in [0.25, 0.3) is 0 Å². The van der Waals surface area contributed by atoms with Gasteiger partial charge < -0.3 is 9.47 Å². The molecule has 2 bridgehead atoms. The normalized spacial score (nSPS) is 28.2. The molecule has 2 fully saturated rings. The summed E-state index contributed by atoms with van der Waals surface area (Å²) >= 11 is 12.3. The van der Waals surface area contributed by atoms with Crippen molar-refractivity contribution < 1.29 is 19.1 Å². The van der Waals surface area contributed by atoms with Gasteiger partial charge >= 0.3 is 11.9 Å². The molecule has 2 aromatic rings. The molecule has 7 heteroatoms. The van der Waals surface area contributed by atoms with Crippen molar-refractivity contribution >= 4 is 35.1 Å². The molecule has 2 saturated heterocycles. The first-order chi connectivity index (χ1) is 14.4. The molecule has 0 saturated carbocycles. The lowest BCUT2D eigenvalue weighted by molar-refractivity contribution is -0.150. The molecule has 2 aromatic carbocycles. The number of hydrogen-bond acceptors (Lipinski definition) is 5. The number of hydrogen-bond donors (Lipinski definition) is 0. The molecule has 0 radical (unpaired) electrons. The molecule has 2 aliphatic heterocycles. The van der Waals surface area contributed by atoms with Gasteiger partial charge in [-0.15, -0.1) is 0 Å². The van der Waals surface area contributed by atoms with Gasteiger partial charge in [0, 0.05) is 24.4 Å². The lowest BCUT2D eigenvalue weighted by Gasteiger charge is -2.41. The van der Waals surface area contributed by atoms with Crippen LogP contribution in [0.1, 0.15) is 34.7 Å². The minimum Gasteiger partial charge on any atom is -0.469 e. The summed E-state index contributed by atoms with van der Waals surface area (Å²) in [5.41, 5.74) is 1.46. The van der Waals surface area contributed by atoms with Crippen molar-refractivity contribution in [3.8, 4) is 0 Å². The number of halogens is 2. The Hall–Kier alpha value is -2.08. The first-order valence-electron chi connectivity index (χ1n) is 9.91. The fourth-order valence-electron chi connectivity index (χ4n) is 4.91. The highest BCUT2D eigenvalue weighted by atomic mass is 35.5. The molecule has 158 valence electrons. The number of ether oxygens (including phenoxy) is 2. The number of methoxy groups -OCH3 is 1. The van der Waals surface area contributed by atoms with Crippen LogP contribution in [0, 0.1) is 5.92 Å². The Bertz CT molecular complexity index is 951. The Balaban J connectivity index is 1.62. The van der Waals surface area contributed by atoms with E-state index in [1.807, 2.05) is 37.4 Å². The van der Waals surface area contributed by atoms with Gasteiger partial charge in [-0.25, -0.2) is 4.79 Å². The lowest BCUT2D eigenvalue weighted by Crippen LogP contribution is -2.50. The summed E-state index contributed by atoms with van der Waals surface area (Å²) in [7, 11) is 3.38. The van der Waals surface area contributed by atoms with Gasteiger partial charge in [0.1, 0.15) is 6.10 Å². The summed E-state index contributed by atoms with van der Waals surface area (Å²) < 4.78 is 11.0. The molecule has 5 nitrogen and oxygen atoms in total. The van der Waals surface area contributed by atoms with E-state index in [2.05, 4.69) is 4.90 Å². The average molecular weight is 448 g/mol. The number of piperidine rings is 1. The van der Waals surface area contributed by atoms with Gasteiger partial charge in [0.05, 0.1) is 28.6 Å². The maximum atomic E-state index is 12.8. The number of fused-ring (bicyclic) bond motifs is 2. The Labute approximate surface area is 185 Å². The fraction of sp³-hybridized carbons (Fsp3) is 0.391. The summed E-state index contributed by atoms with van der Waals surface area (Å²) in [5, 5.41) is 0.928. The van der Waals surface area contributed by atoms with E-state index in [0.29, 0.717) is 28.5 Å². The molecule has 2 heterocycles. The predicted molar refractivity (Wildman–Crippen MR) is 115 cm³/mol. The molecule has 5 atom stereocenters. The molecular weight excluding hydrogens is 425 g/mol. The maximum Gasteiger partial charge on any atom is 0.338 e. The highest BCUT2D eigenvalue weighted by Crippen LogP contribution is 2.48. The van der Waals surface area contributed by atoms with Crippen molar-refractivity contribution in [3.05, 3.63) is 69.7 Å². The third kappa shape index (κ3) is 3.82. The van der Waals surface area contributed by atoms with Crippen LogP contribution in [0.15, 0.2) is 48.5 Å².